The molecular weight excluding hydrogens is 297 g/mol. The highest BCUT2D eigenvalue weighted by molar-refractivity contribution is 6.42. The van der Waals surface area contributed by atoms with Crippen LogP contribution in [0.25, 0.3) is 11.0 Å². The fraction of sp³-hybridized carbons (Fsp3) is 0.0769. The Hall–Kier alpha value is -1.98. The van der Waals surface area contributed by atoms with Crippen molar-refractivity contribution in [1.29, 1.82) is 0 Å². The fourth-order valence-corrected chi connectivity index (χ4v) is 2.47. The molecule has 0 unspecified atom stereocenters. The lowest BCUT2D eigenvalue weighted by Gasteiger charge is -2.04. The highest BCUT2D eigenvalue weighted by Crippen LogP contribution is 2.27. The zero-order chi connectivity index (χ0) is 14.3. The summed E-state index contributed by atoms with van der Waals surface area (Å²) >= 11 is 11.9. The van der Waals surface area contributed by atoms with Gasteiger partial charge >= 0.3 is 0 Å². The Morgan fingerprint density at radius 2 is 1.90 bits per heavy atom. The van der Waals surface area contributed by atoms with Crippen LogP contribution in [0.4, 0.5) is 11.8 Å². The third-order valence-electron chi connectivity index (χ3n) is 3.04. The van der Waals surface area contributed by atoms with E-state index in [4.69, 9.17) is 34.7 Å². The molecule has 5 N–H and O–H groups in total. The Labute approximate surface area is 124 Å². The molecule has 0 saturated carbocycles. The van der Waals surface area contributed by atoms with Gasteiger partial charge in [-0.25, -0.2) is 0 Å². The molecule has 0 radical (unpaired) electrons. The van der Waals surface area contributed by atoms with E-state index in [0.717, 1.165) is 16.5 Å². The zero-order valence-electron chi connectivity index (χ0n) is 10.3. The van der Waals surface area contributed by atoms with E-state index in [1.807, 2.05) is 18.3 Å². The Kier molecular flexibility index (Phi) is 3.16. The number of hydrogen-bond acceptors (Lipinski definition) is 4. The minimum atomic E-state index is 0.151. The molecule has 0 fully saturated rings. The van der Waals surface area contributed by atoms with Gasteiger partial charge in [-0.15, -0.1) is 0 Å². The molecule has 3 rings (SSSR count). The number of benzene rings is 1. The van der Waals surface area contributed by atoms with Crippen LogP contribution in [0.1, 0.15) is 11.1 Å². The largest absolute Gasteiger partial charge is 0.383 e. The minimum absolute atomic E-state index is 0.151. The SMILES string of the molecule is Nc1nc(N)c2c(Cc3ccc(Cl)c(Cl)c3)c[nH]c2n1. The molecule has 0 bridgehead atoms. The molecule has 3 aromatic rings. The molecule has 0 atom stereocenters. The Morgan fingerprint density at radius 3 is 2.65 bits per heavy atom. The molecule has 0 spiro atoms. The summed E-state index contributed by atoms with van der Waals surface area (Å²) in [6.07, 6.45) is 2.49. The standard InChI is InChI=1S/C13H11Cl2N5/c14-8-2-1-6(4-9(8)15)3-7-5-18-12-10(7)11(16)19-13(17)20-12/h1-2,4-5H,3H2,(H5,16,17,18,19,20). The van der Waals surface area contributed by atoms with E-state index in [1.54, 1.807) is 6.07 Å². The summed E-state index contributed by atoms with van der Waals surface area (Å²) in [5, 5.41) is 1.84. The lowest BCUT2D eigenvalue weighted by Crippen LogP contribution is -2.00. The van der Waals surface area contributed by atoms with Gasteiger partial charge in [-0.3, -0.25) is 0 Å². The Morgan fingerprint density at radius 1 is 1.10 bits per heavy atom. The van der Waals surface area contributed by atoms with E-state index in [1.165, 1.54) is 0 Å². The van der Waals surface area contributed by atoms with Gasteiger partial charge in [0.1, 0.15) is 11.5 Å². The molecule has 0 aliphatic heterocycles. The highest BCUT2D eigenvalue weighted by Gasteiger charge is 2.11. The van der Waals surface area contributed by atoms with Crippen LogP contribution in [-0.2, 0) is 6.42 Å². The number of halogens is 2. The lowest BCUT2D eigenvalue weighted by atomic mass is 10.1. The summed E-state index contributed by atoms with van der Waals surface area (Å²) in [5.41, 5.74) is 14.1. The molecule has 0 amide bonds. The minimum Gasteiger partial charge on any atom is -0.383 e. The van der Waals surface area contributed by atoms with Crippen molar-refractivity contribution in [2.24, 2.45) is 0 Å². The predicted octanol–water partition coefficient (Wildman–Crippen LogP) is 3.02. The average molecular weight is 308 g/mol. The number of nitrogens with zero attached hydrogens (tertiary/aromatic N) is 2. The van der Waals surface area contributed by atoms with Gasteiger partial charge in [-0.2, -0.15) is 9.97 Å². The number of nitrogen functional groups attached to an aromatic ring is 2. The van der Waals surface area contributed by atoms with Crippen LogP contribution in [0.5, 0.6) is 0 Å². The van der Waals surface area contributed by atoms with Crippen molar-refractivity contribution < 1.29 is 0 Å². The number of aromatic nitrogens is 3. The number of aromatic amines is 1. The number of H-pyrrole nitrogens is 1. The molecule has 0 aliphatic rings. The van der Waals surface area contributed by atoms with Crippen LogP contribution in [-0.4, -0.2) is 15.0 Å². The van der Waals surface area contributed by atoms with Crippen molar-refractivity contribution in [1.82, 2.24) is 15.0 Å². The molecule has 1 aromatic carbocycles. The summed E-state index contributed by atoms with van der Waals surface area (Å²) in [4.78, 5) is 11.1. The van der Waals surface area contributed by atoms with E-state index in [0.29, 0.717) is 27.9 Å². The highest BCUT2D eigenvalue weighted by atomic mass is 35.5. The van der Waals surface area contributed by atoms with E-state index in [9.17, 15) is 0 Å². The van der Waals surface area contributed by atoms with Gasteiger partial charge < -0.3 is 16.5 Å². The van der Waals surface area contributed by atoms with Crippen LogP contribution in [0, 0.1) is 0 Å². The molecule has 0 aliphatic carbocycles. The maximum Gasteiger partial charge on any atom is 0.223 e. The smallest absolute Gasteiger partial charge is 0.223 e. The average Bonchev–Trinajstić information content (AvgIpc) is 2.77. The van der Waals surface area contributed by atoms with Crippen molar-refractivity contribution >= 4 is 46.0 Å². The Balaban J connectivity index is 2.04. The van der Waals surface area contributed by atoms with E-state index < -0.39 is 0 Å². The van der Waals surface area contributed by atoms with Crippen molar-refractivity contribution in [3.63, 3.8) is 0 Å². The number of rotatable bonds is 2. The molecule has 2 heterocycles. The fourth-order valence-electron chi connectivity index (χ4n) is 2.15. The van der Waals surface area contributed by atoms with Crippen molar-refractivity contribution in [3.8, 4) is 0 Å². The van der Waals surface area contributed by atoms with Gasteiger partial charge in [0, 0.05) is 6.20 Å². The number of anilines is 2. The summed E-state index contributed by atoms with van der Waals surface area (Å²) in [6.45, 7) is 0. The van der Waals surface area contributed by atoms with Crippen LogP contribution >= 0.6 is 23.2 Å². The first-order chi connectivity index (χ1) is 9.54. The zero-order valence-corrected chi connectivity index (χ0v) is 11.8. The van der Waals surface area contributed by atoms with E-state index in [2.05, 4.69) is 15.0 Å². The molecule has 7 heteroatoms. The number of hydrogen-bond donors (Lipinski definition) is 3. The van der Waals surface area contributed by atoms with Crippen molar-refractivity contribution in [3.05, 3.63) is 45.6 Å². The first kappa shape index (κ1) is 13.0. The van der Waals surface area contributed by atoms with Crippen LogP contribution in [0.3, 0.4) is 0 Å². The van der Waals surface area contributed by atoms with Gasteiger partial charge in [0.05, 0.1) is 15.4 Å². The summed E-state index contributed by atoms with van der Waals surface area (Å²) in [6, 6.07) is 5.52. The molecule has 20 heavy (non-hydrogen) atoms. The van der Waals surface area contributed by atoms with Gasteiger partial charge in [0.15, 0.2) is 0 Å². The first-order valence-corrected chi connectivity index (χ1v) is 6.63. The second-order valence-corrected chi connectivity index (χ2v) is 5.24. The molecule has 0 saturated heterocycles. The quantitative estimate of drug-likeness (QED) is 0.678. The van der Waals surface area contributed by atoms with Crippen molar-refractivity contribution in [2.75, 3.05) is 11.5 Å². The van der Waals surface area contributed by atoms with Gasteiger partial charge in [0.25, 0.3) is 0 Å². The number of nitrogens with one attached hydrogen (secondary N) is 1. The number of nitrogens with two attached hydrogens (primary N) is 2. The summed E-state index contributed by atoms with van der Waals surface area (Å²) in [5.74, 6) is 0.516. The summed E-state index contributed by atoms with van der Waals surface area (Å²) < 4.78 is 0. The van der Waals surface area contributed by atoms with Crippen LogP contribution < -0.4 is 11.5 Å². The molecule has 5 nitrogen and oxygen atoms in total. The van der Waals surface area contributed by atoms with Gasteiger partial charge in [-0.1, -0.05) is 29.3 Å². The second-order valence-electron chi connectivity index (χ2n) is 4.43. The third-order valence-corrected chi connectivity index (χ3v) is 3.78. The maximum atomic E-state index is 6.02. The monoisotopic (exact) mass is 307 g/mol. The molecular formula is C13H11Cl2N5. The van der Waals surface area contributed by atoms with E-state index >= 15 is 0 Å². The van der Waals surface area contributed by atoms with Crippen LogP contribution in [0.2, 0.25) is 10.0 Å². The molecule has 2 aromatic heterocycles. The van der Waals surface area contributed by atoms with Crippen LogP contribution in [0.15, 0.2) is 24.4 Å². The predicted molar refractivity (Wildman–Crippen MR) is 82.0 cm³/mol. The van der Waals surface area contributed by atoms with Gasteiger partial charge in [-0.05, 0) is 29.7 Å². The number of fused-ring (bicyclic) bond motifs is 1. The summed E-state index contributed by atoms with van der Waals surface area (Å²) in [7, 11) is 0. The van der Waals surface area contributed by atoms with Crippen molar-refractivity contribution in [2.45, 2.75) is 6.42 Å². The Bertz CT molecular complexity index is 797. The second kappa shape index (κ2) is 4.85. The first-order valence-electron chi connectivity index (χ1n) is 5.87. The maximum absolute atomic E-state index is 6.02. The normalized spacial score (nSPS) is 11.1. The topological polar surface area (TPSA) is 93.6 Å². The van der Waals surface area contributed by atoms with Gasteiger partial charge in [0.2, 0.25) is 5.95 Å². The third kappa shape index (κ3) is 2.26. The lowest BCUT2D eigenvalue weighted by molar-refractivity contribution is 1.20. The van der Waals surface area contributed by atoms with E-state index in [-0.39, 0.29) is 5.95 Å². The molecule has 102 valence electrons.